The van der Waals surface area contributed by atoms with Crippen LogP contribution in [0.4, 0.5) is 0 Å². The van der Waals surface area contributed by atoms with Gasteiger partial charge in [0.05, 0.1) is 0 Å². The predicted molar refractivity (Wildman–Crippen MR) is 96.3 cm³/mol. The third kappa shape index (κ3) is 2.58. The topological polar surface area (TPSA) is 32.9 Å². The Bertz CT molecular complexity index is 826. The van der Waals surface area contributed by atoms with E-state index in [1.165, 1.54) is 0 Å². The van der Waals surface area contributed by atoms with Crippen LogP contribution in [-0.4, -0.2) is 10.8 Å². The molecule has 0 amide bonds. The fraction of sp³-hybridized carbons (Fsp3) is 0. The Labute approximate surface area is 146 Å². The van der Waals surface area contributed by atoms with Gasteiger partial charge in [0.15, 0.2) is 5.78 Å². The summed E-state index contributed by atoms with van der Waals surface area (Å²) in [6.45, 7) is 0. The van der Waals surface area contributed by atoms with Crippen molar-refractivity contribution in [2.75, 3.05) is 0 Å². The molecule has 0 bridgehead atoms. The lowest BCUT2D eigenvalue weighted by molar-refractivity contribution is 0.103. The largest absolute Gasteiger partial charge is 0.360 e. The van der Waals surface area contributed by atoms with Gasteiger partial charge in [-0.15, -0.1) is 0 Å². The van der Waals surface area contributed by atoms with Crippen LogP contribution in [0.5, 0.6) is 0 Å². The van der Waals surface area contributed by atoms with E-state index >= 15 is 0 Å². The Hall–Kier alpha value is -0.660. The lowest BCUT2D eigenvalue weighted by Gasteiger charge is -2.04. The van der Waals surface area contributed by atoms with Crippen molar-refractivity contribution in [3.63, 3.8) is 0 Å². The summed E-state index contributed by atoms with van der Waals surface area (Å²) in [4.78, 5) is 15.9. The lowest BCUT2D eigenvalue weighted by Crippen LogP contribution is -2.03. The maximum Gasteiger partial charge on any atom is 0.196 e. The summed E-state index contributed by atoms with van der Waals surface area (Å²) >= 11 is 9.04. The molecule has 2 nitrogen and oxygen atoms in total. The van der Waals surface area contributed by atoms with Crippen LogP contribution in [0.3, 0.4) is 0 Å². The number of hydrogen-bond donors (Lipinski definition) is 1. The summed E-state index contributed by atoms with van der Waals surface area (Å²) in [6.07, 6.45) is 1.77. The molecule has 0 atom stereocenters. The summed E-state index contributed by atoms with van der Waals surface area (Å²) in [5, 5.41) is 0.939. The van der Waals surface area contributed by atoms with Crippen LogP contribution < -0.4 is 0 Å². The highest BCUT2D eigenvalue weighted by Gasteiger charge is 2.17. The second-order valence-electron chi connectivity index (χ2n) is 4.35. The standard InChI is InChI=1S/C15H8Br2INO/c16-8-2-4-13(18)11(5-8)15(20)12-7-19-14-6-9(17)1-3-10(12)14/h1-7,19H. The van der Waals surface area contributed by atoms with Crippen LogP contribution in [0.1, 0.15) is 15.9 Å². The molecule has 0 aliphatic carbocycles. The molecule has 0 aliphatic heterocycles. The number of carbonyl (C=O) groups is 1. The molecule has 0 fully saturated rings. The minimum atomic E-state index is 0.0317. The number of nitrogens with one attached hydrogen (secondary N) is 1. The Kier molecular flexibility index (Phi) is 4.01. The number of hydrogen-bond acceptors (Lipinski definition) is 1. The Balaban J connectivity index is 2.15. The monoisotopic (exact) mass is 503 g/mol. The smallest absolute Gasteiger partial charge is 0.196 e. The summed E-state index contributed by atoms with van der Waals surface area (Å²) < 4.78 is 2.84. The zero-order valence-corrected chi connectivity index (χ0v) is 15.4. The van der Waals surface area contributed by atoms with Crippen molar-refractivity contribution in [3.05, 3.63) is 66.2 Å². The number of fused-ring (bicyclic) bond motifs is 1. The Morgan fingerprint density at radius 1 is 1.00 bits per heavy atom. The van der Waals surface area contributed by atoms with Gasteiger partial charge in [-0.2, -0.15) is 0 Å². The van der Waals surface area contributed by atoms with Gasteiger partial charge in [-0.1, -0.05) is 37.9 Å². The van der Waals surface area contributed by atoms with Gasteiger partial charge in [-0.25, -0.2) is 0 Å². The van der Waals surface area contributed by atoms with Gasteiger partial charge in [0.1, 0.15) is 0 Å². The first kappa shape index (κ1) is 14.3. The lowest BCUT2D eigenvalue weighted by atomic mass is 10.0. The fourth-order valence-corrected chi connectivity index (χ4v) is 3.41. The number of benzene rings is 2. The first-order chi connectivity index (χ1) is 9.56. The van der Waals surface area contributed by atoms with Gasteiger partial charge < -0.3 is 4.98 Å². The minimum Gasteiger partial charge on any atom is -0.360 e. The molecule has 3 rings (SSSR count). The highest BCUT2D eigenvalue weighted by Crippen LogP contribution is 2.27. The van der Waals surface area contributed by atoms with Crippen LogP contribution in [0.2, 0.25) is 0 Å². The fourth-order valence-electron chi connectivity index (χ4n) is 2.10. The number of ketones is 1. The zero-order valence-electron chi connectivity index (χ0n) is 10.1. The molecule has 1 N–H and O–H groups in total. The molecule has 20 heavy (non-hydrogen) atoms. The number of aromatic nitrogens is 1. The van der Waals surface area contributed by atoms with Crippen LogP contribution in [0.15, 0.2) is 51.5 Å². The molecule has 1 aromatic heterocycles. The van der Waals surface area contributed by atoms with Crippen LogP contribution >= 0.6 is 54.5 Å². The van der Waals surface area contributed by atoms with E-state index in [0.717, 1.165) is 23.4 Å². The summed E-state index contributed by atoms with van der Waals surface area (Å²) in [5.41, 5.74) is 2.36. The van der Waals surface area contributed by atoms with Gasteiger partial charge in [-0.3, -0.25) is 4.79 Å². The van der Waals surface area contributed by atoms with Crippen molar-refractivity contribution in [2.45, 2.75) is 0 Å². The van der Waals surface area contributed by atoms with E-state index in [4.69, 9.17) is 0 Å². The molecule has 5 heteroatoms. The molecular weight excluding hydrogens is 497 g/mol. The second kappa shape index (κ2) is 5.61. The Morgan fingerprint density at radius 3 is 2.50 bits per heavy atom. The maximum atomic E-state index is 12.7. The van der Waals surface area contributed by atoms with Crippen molar-refractivity contribution in [3.8, 4) is 0 Å². The molecule has 0 spiro atoms. The molecular formula is C15H8Br2INO. The van der Waals surface area contributed by atoms with E-state index in [-0.39, 0.29) is 5.78 Å². The number of rotatable bonds is 2. The Morgan fingerprint density at radius 2 is 1.70 bits per heavy atom. The van der Waals surface area contributed by atoms with E-state index in [1.54, 1.807) is 6.20 Å². The SMILES string of the molecule is O=C(c1cc(Br)ccc1I)c1c[nH]c2cc(Br)ccc12. The van der Waals surface area contributed by atoms with Gasteiger partial charge in [-0.05, 0) is 52.9 Å². The molecule has 0 unspecified atom stereocenters. The second-order valence-corrected chi connectivity index (χ2v) is 7.34. The molecule has 0 radical (unpaired) electrons. The van der Waals surface area contributed by atoms with Crippen molar-refractivity contribution in [1.29, 1.82) is 0 Å². The average Bonchev–Trinajstić information content (AvgIpc) is 2.83. The molecule has 0 saturated carbocycles. The summed E-state index contributed by atoms with van der Waals surface area (Å²) in [7, 11) is 0. The number of halogens is 3. The van der Waals surface area contributed by atoms with Crippen molar-refractivity contribution in [1.82, 2.24) is 4.98 Å². The van der Waals surface area contributed by atoms with Gasteiger partial charge in [0.25, 0.3) is 0 Å². The molecule has 0 saturated heterocycles. The highest BCUT2D eigenvalue weighted by molar-refractivity contribution is 14.1. The highest BCUT2D eigenvalue weighted by atomic mass is 127. The third-order valence-corrected chi connectivity index (χ3v) is 4.99. The van der Waals surface area contributed by atoms with Crippen molar-refractivity contribution in [2.24, 2.45) is 0 Å². The molecule has 100 valence electrons. The molecule has 3 aromatic rings. The van der Waals surface area contributed by atoms with Crippen LogP contribution in [0, 0.1) is 3.57 Å². The maximum absolute atomic E-state index is 12.7. The van der Waals surface area contributed by atoms with Crippen molar-refractivity contribution < 1.29 is 4.79 Å². The minimum absolute atomic E-state index is 0.0317. The number of H-pyrrole nitrogens is 1. The predicted octanol–water partition coefficient (Wildman–Crippen LogP) is 5.53. The summed E-state index contributed by atoms with van der Waals surface area (Å²) in [5.74, 6) is 0.0317. The van der Waals surface area contributed by atoms with Gasteiger partial charge in [0, 0.05) is 40.7 Å². The van der Waals surface area contributed by atoms with E-state index in [9.17, 15) is 4.79 Å². The zero-order chi connectivity index (χ0) is 14.3. The van der Waals surface area contributed by atoms with E-state index < -0.39 is 0 Å². The quantitative estimate of drug-likeness (QED) is 0.361. The average molecular weight is 505 g/mol. The normalized spacial score (nSPS) is 10.9. The molecule has 1 heterocycles. The first-order valence-electron chi connectivity index (χ1n) is 5.82. The van der Waals surface area contributed by atoms with E-state index in [1.807, 2.05) is 36.4 Å². The molecule has 2 aromatic carbocycles. The number of carbonyl (C=O) groups excluding carboxylic acids is 1. The molecule has 0 aliphatic rings. The van der Waals surface area contributed by atoms with E-state index in [2.05, 4.69) is 59.4 Å². The summed E-state index contributed by atoms with van der Waals surface area (Å²) in [6, 6.07) is 11.6. The van der Waals surface area contributed by atoms with E-state index in [0.29, 0.717) is 11.1 Å². The van der Waals surface area contributed by atoms with Gasteiger partial charge >= 0.3 is 0 Å². The van der Waals surface area contributed by atoms with Crippen LogP contribution in [-0.2, 0) is 0 Å². The van der Waals surface area contributed by atoms with Gasteiger partial charge in [0.2, 0.25) is 0 Å². The third-order valence-electron chi connectivity index (χ3n) is 3.06. The number of aromatic amines is 1. The first-order valence-corrected chi connectivity index (χ1v) is 8.49. The van der Waals surface area contributed by atoms with Crippen molar-refractivity contribution >= 4 is 71.1 Å². The van der Waals surface area contributed by atoms with Crippen LogP contribution in [0.25, 0.3) is 10.9 Å².